The summed E-state index contributed by atoms with van der Waals surface area (Å²) in [4.78, 5) is 1.81. The number of benzene rings is 1. The van der Waals surface area contributed by atoms with Crippen LogP contribution in [0.2, 0.25) is 0 Å². The van der Waals surface area contributed by atoms with Gasteiger partial charge in [-0.3, -0.25) is 4.90 Å². The second-order valence-electron chi connectivity index (χ2n) is 5.21. The van der Waals surface area contributed by atoms with Crippen LogP contribution < -0.4 is 0 Å². The van der Waals surface area contributed by atoms with Crippen molar-refractivity contribution in [1.29, 1.82) is 0 Å². The molecule has 6 heteroatoms. The highest BCUT2D eigenvalue weighted by molar-refractivity contribution is 5.29. The van der Waals surface area contributed by atoms with Gasteiger partial charge in [-0.05, 0) is 24.0 Å². The molecule has 0 saturated carbocycles. The summed E-state index contributed by atoms with van der Waals surface area (Å²) in [6.07, 6.45) is -3.76. The predicted octanol–water partition coefficient (Wildman–Crippen LogP) is 1.88. The third kappa shape index (κ3) is 3.31. The number of hydrogen-bond acceptors (Lipinski definition) is 3. The van der Waals surface area contributed by atoms with Crippen LogP contribution in [0, 0.1) is 5.92 Å². The van der Waals surface area contributed by atoms with E-state index < -0.39 is 11.7 Å². The molecule has 0 spiro atoms. The van der Waals surface area contributed by atoms with Gasteiger partial charge in [0.25, 0.3) is 0 Å². The van der Waals surface area contributed by atoms with Crippen LogP contribution in [-0.4, -0.2) is 40.9 Å². The normalized spacial score (nSPS) is 24.2. The summed E-state index contributed by atoms with van der Waals surface area (Å²) >= 11 is 0. The van der Waals surface area contributed by atoms with Crippen molar-refractivity contribution in [2.24, 2.45) is 5.92 Å². The number of halogens is 3. The van der Waals surface area contributed by atoms with Gasteiger partial charge >= 0.3 is 6.18 Å². The summed E-state index contributed by atoms with van der Waals surface area (Å²) in [6, 6.07) is 5.30. The van der Waals surface area contributed by atoms with Crippen molar-refractivity contribution in [2.75, 3.05) is 19.8 Å². The molecule has 1 fully saturated rings. The average Bonchev–Trinajstić information content (AvgIpc) is 2.80. The summed E-state index contributed by atoms with van der Waals surface area (Å²) in [5.41, 5.74) is -0.429. The predicted molar refractivity (Wildman–Crippen MR) is 67.9 cm³/mol. The minimum atomic E-state index is -4.37. The van der Waals surface area contributed by atoms with Crippen LogP contribution in [0.15, 0.2) is 24.3 Å². The lowest BCUT2D eigenvalue weighted by atomic mass is 10.1. The summed E-state index contributed by atoms with van der Waals surface area (Å²) in [6.45, 7) is 0.532. The Kier molecular flexibility index (Phi) is 4.67. The van der Waals surface area contributed by atoms with Crippen molar-refractivity contribution in [3.8, 4) is 0 Å². The van der Waals surface area contributed by atoms with Gasteiger partial charge in [0.1, 0.15) is 0 Å². The second-order valence-corrected chi connectivity index (χ2v) is 5.21. The Hall–Kier alpha value is -1.11. The van der Waals surface area contributed by atoms with Crippen molar-refractivity contribution in [3.63, 3.8) is 0 Å². The molecular weight excluding hydrogens is 271 g/mol. The zero-order valence-corrected chi connectivity index (χ0v) is 11.0. The highest BCUT2D eigenvalue weighted by atomic mass is 19.4. The van der Waals surface area contributed by atoms with Gasteiger partial charge in [-0.25, -0.2) is 0 Å². The molecule has 0 aromatic heterocycles. The summed E-state index contributed by atoms with van der Waals surface area (Å²) < 4.78 is 38.8. The lowest BCUT2D eigenvalue weighted by Crippen LogP contribution is -2.32. The minimum absolute atomic E-state index is 0.00603. The zero-order chi connectivity index (χ0) is 14.8. The van der Waals surface area contributed by atoms with Crippen molar-refractivity contribution in [1.82, 2.24) is 4.90 Å². The number of hydrogen-bond donors (Lipinski definition) is 2. The van der Waals surface area contributed by atoms with E-state index in [1.807, 2.05) is 4.90 Å². The molecule has 0 bridgehead atoms. The fourth-order valence-electron chi connectivity index (χ4n) is 2.76. The number of alkyl halides is 3. The van der Waals surface area contributed by atoms with Gasteiger partial charge in [-0.2, -0.15) is 13.2 Å². The molecule has 2 atom stereocenters. The molecule has 0 aliphatic carbocycles. The van der Waals surface area contributed by atoms with E-state index in [9.17, 15) is 18.3 Å². The Morgan fingerprint density at radius 3 is 2.45 bits per heavy atom. The Morgan fingerprint density at radius 2 is 1.85 bits per heavy atom. The molecule has 2 unspecified atom stereocenters. The molecule has 1 aliphatic heterocycles. The molecule has 20 heavy (non-hydrogen) atoms. The molecule has 1 aromatic rings. The van der Waals surface area contributed by atoms with Crippen molar-refractivity contribution < 1.29 is 23.4 Å². The maximum atomic E-state index is 12.9. The fraction of sp³-hybridized carbons (Fsp3) is 0.571. The van der Waals surface area contributed by atoms with Gasteiger partial charge in [0.2, 0.25) is 0 Å². The Morgan fingerprint density at radius 1 is 1.15 bits per heavy atom. The SMILES string of the molecule is OCC1CC(CO)N(Cc2ccccc2C(F)(F)F)C1. The van der Waals surface area contributed by atoms with E-state index in [0.717, 1.165) is 6.07 Å². The van der Waals surface area contributed by atoms with E-state index in [1.54, 1.807) is 6.07 Å². The van der Waals surface area contributed by atoms with Gasteiger partial charge in [0.05, 0.1) is 12.2 Å². The molecule has 1 heterocycles. The van der Waals surface area contributed by atoms with E-state index in [4.69, 9.17) is 5.11 Å². The molecule has 1 aromatic carbocycles. The van der Waals surface area contributed by atoms with Gasteiger partial charge in [-0.15, -0.1) is 0 Å². The maximum Gasteiger partial charge on any atom is 0.416 e. The van der Waals surface area contributed by atoms with Crippen LogP contribution in [0.5, 0.6) is 0 Å². The summed E-state index contributed by atoms with van der Waals surface area (Å²) in [5.74, 6) is 0.0187. The van der Waals surface area contributed by atoms with Crippen LogP contribution in [0.4, 0.5) is 13.2 Å². The third-order valence-corrected chi connectivity index (χ3v) is 3.78. The molecular formula is C14H18F3NO2. The Bertz CT molecular complexity index is 450. The van der Waals surface area contributed by atoms with E-state index in [1.165, 1.54) is 12.1 Å². The van der Waals surface area contributed by atoms with Gasteiger partial charge in [-0.1, -0.05) is 18.2 Å². The molecule has 2 N–H and O–H groups in total. The highest BCUT2D eigenvalue weighted by Gasteiger charge is 2.36. The highest BCUT2D eigenvalue weighted by Crippen LogP contribution is 2.33. The Labute approximate surface area is 115 Å². The number of likely N-dealkylation sites (tertiary alicyclic amines) is 1. The molecule has 2 rings (SSSR count). The molecule has 0 amide bonds. The first kappa shape index (κ1) is 15.3. The van der Waals surface area contributed by atoms with Crippen LogP contribution in [-0.2, 0) is 12.7 Å². The average molecular weight is 289 g/mol. The molecule has 3 nitrogen and oxygen atoms in total. The largest absolute Gasteiger partial charge is 0.416 e. The van der Waals surface area contributed by atoms with Crippen LogP contribution >= 0.6 is 0 Å². The maximum absolute atomic E-state index is 12.9. The quantitative estimate of drug-likeness (QED) is 0.889. The third-order valence-electron chi connectivity index (χ3n) is 3.78. The molecule has 1 aliphatic rings. The van der Waals surface area contributed by atoms with E-state index in [-0.39, 0.29) is 37.3 Å². The molecule has 0 radical (unpaired) electrons. The van der Waals surface area contributed by atoms with E-state index in [0.29, 0.717) is 13.0 Å². The first-order valence-corrected chi connectivity index (χ1v) is 6.56. The van der Waals surface area contributed by atoms with Gasteiger partial charge in [0.15, 0.2) is 0 Å². The van der Waals surface area contributed by atoms with Gasteiger partial charge in [0, 0.05) is 25.7 Å². The smallest absolute Gasteiger partial charge is 0.396 e. The van der Waals surface area contributed by atoms with Crippen LogP contribution in [0.1, 0.15) is 17.5 Å². The van der Waals surface area contributed by atoms with Crippen LogP contribution in [0.3, 0.4) is 0 Å². The minimum Gasteiger partial charge on any atom is -0.396 e. The monoisotopic (exact) mass is 289 g/mol. The molecule has 112 valence electrons. The summed E-state index contributed by atoms with van der Waals surface area (Å²) in [7, 11) is 0. The van der Waals surface area contributed by atoms with E-state index in [2.05, 4.69) is 0 Å². The second kappa shape index (κ2) is 6.11. The standard InChI is InChI=1S/C14H18F3NO2/c15-14(16,17)13-4-2-1-3-11(13)7-18-6-10(8-19)5-12(18)9-20/h1-4,10,12,19-20H,5-9H2. The van der Waals surface area contributed by atoms with Gasteiger partial charge < -0.3 is 10.2 Å². The molecule has 1 saturated heterocycles. The number of nitrogens with zero attached hydrogens (tertiary/aromatic N) is 1. The lowest BCUT2D eigenvalue weighted by molar-refractivity contribution is -0.138. The fourth-order valence-corrected chi connectivity index (χ4v) is 2.76. The zero-order valence-electron chi connectivity index (χ0n) is 11.0. The van der Waals surface area contributed by atoms with Crippen molar-refractivity contribution >= 4 is 0 Å². The van der Waals surface area contributed by atoms with Crippen LogP contribution in [0.25, 0.3) is 0 Å². The topological polar surface area (TPSA) is 43.7 Å². The first-order valence-electron chi connectivity index (χ1n) is 6.56. The number of aliphatic hydroxyl groups is 2. The van der Waals surface area contributed by atoms with E-state index >= 15 is 0 Å². The first-order chi connectivity index (χ1) is 9.45. The Balaban J connectivity index is 2.18. The summed E-state index contributed by atoms with van der Waals surface area (Å²) in [5, 5.41) is 18.5. The number of aliphatic hydroxyl groups excluding tert-OH is 2. The van der Waals surface area contributed by atoms with Crippen molar-refractivity contribution in [3.05, 3.63) is 35.4 Å². The van der Waals surface area contributed by atoms with Crippen molar-refractivity contribution in [2.45, 2.75) is 25.2 Å². The lowest BCUT2D eigenvalue weighted by Gasteiger charge is -2.24. The number of rotatable bonds is 4.